The highest BCUT2D eigenvalue weighted by Gasteiger charge is 2.43. The zero-order valence-corrected chi connectivity index (χ0v) is 19.4. The summed E-state index contributed by atoms with van der Waals surface area (Å²) in [5, 5.41) is 3.29. The molecule has 2 aliphatic rings. The minimum atomic E-state index is -0.706. The van der Waals surface area contributed by atoms with Crippen LogP contribution in [0.4, 0.5) is 4.39 Å². The summed E-state index contributed by atoms with van der Waals surface area (Å²) in [7, 11) is 0. The summed E-state index contributed by atoms with van der Waals surface area (Å²) in [6, 6.07) is 21.0. The Hall–Kier alpha value is -4.19. The number of carbonyl (C=O) groups excluding carboxylic acids is 2. The minimum Gasteiger partial charge on any atom is -0.488 e. The van der Waals surface area contributed by atoms with Crippen LogP contribution in [0.5, 0.6) is 5.75 Å². The van der Waals surface area contributed by atoms with Crippen molar-refractivity contribution in [2.24, 2.45) is 0 Å². The Kier molecular flexibility index (Phi) is 5.95. The molecule has 0 aromatic heterocycles. The largest absolute Gasteiger partial charge is 0.488 e. The van der Waals surface area contributed by atoms with Crippen molar-refractivity contribution in [1.82, 2.24) is 5.32 Å². The molecule has 0 saturated heterocycles. The number of allylic oxidation sites excluding steroid dienone is 2. The third kappa shape index (κ3) is 3.91. The number of fused-ring (bicyclic) bond motifs is 2. The summed E-state index contributed by atoms with van der Waals surface area (Å²) in [6.07, 6.45) is 0. The molecule has 1 heterocycles. The van der Waals surface area contributed by atoms with Gasteiger partial charge in [-0.15, -0.1) is 0 Å². The lowest BCUT2D eigenvalue weighted by molar-refractivity contribution is -0.138. The molecule has 3 aromatic carbocycles. The van der Waals surface area contributed by atoms with Crippen LogP contribution in [0.2, 0.25) is 0 Å². The SMILES string of the molecule is CCOC(=O)C1=C(C)NC2=C(C(=O)c3ccccc32)[C@@H]1c1ccccc1OCc1ccccc1F. The molecule has 1 aliphatic heterocycles. The second-order valence-electron chi connectivity index (χ2n) is 8.40. The van der Waals surface area contributed by atoms with Gasteiger partial charge in [-0.3, -0.25) is 4.79 Å². The zero-order valence-electron chi connectivity index (χ0n) is 19.4. The fourth-order valence-corrected chi connectivity index (χ4v) is 4.74. The summed E-state index contributed by atoms with van der Waals surface area (Å²) >= 11 is 0. The molecule has 1 aliphatic carbocycles. The quantitative estimate of drug-likeness (QED) is 0.481. The van der Waals surface area contributed by atoms with E-state index in [1.165, 1.54) is 6.07 Å². The number of para-hydroxylation sites is 1. The van der Waals surface area contributed by atoms with Crippen molar-refractivity contribution in [2.75, 3.05) is 6.61 Å². The highest BCUT2D eigenvalue weighted by atomic mass is 19.1. The van der Waals surface area contributed by atoms with Crippen molar-refractivity contribution in [3.8, 4) is 5.75 Å². The van der Waals surface area contributed by atoms with Gasteiger partial charge in [0.25, 0.3) is 0 Å². The first-order valence-electron chi connectivity index (χ1n) is 11.5. The van der Waals surface area contributed by atoms with Gasteiger partial charge >= 0.3 is 5.97 Å². The predicted octanol–water partition coefficient (Wildman–Crippen LogP) is 5.54. The molecule has 0 spiro atoms. The van der Waals surface area contributed by atoms with E-state index >= 15 is 0 Å². The van der Waals surface area contributed by atoms with Gasteiger partial charge in [-0.2, -0.15) is 0 Å². The van der Waals surface area contributed by atoms with Gasteiger partial charge < -0.3 is 14.8 Å². The average Bonchev–Trinajstić information content (AvgIpc) is 3.14. The van der Waals surface area contributed by atoms with Crippen LogP contribution < -0.4 is 10.1 Å². The molecule has 0 bridgehead atoms. The van der Waals surface area contributed by atoms with Crippen molar-refractivity contribution >= 4 is 17.4 Å². The van der Waals surface area contributed by atoms with Gasteiger partial charge in [0.2, 0.25) is 0 Å². The van der Waals surface area contributed by atoms with E-state index in [1.54, 1.807) is 44.2 Å². The van der Waals surface area contributed by atoms with Gasteiger partial charge in [0, 0.05) is 33.5 Å². The van der Waals surface area contributed by atoms with E-state index in [0.29, 0.717) is 45.0 Å². The number of ketones is 1. The van der Waals surface area contributed by atoms with Crippen LogP contribution in [-0.4, -0.2) is 18.4 Å². The number of hydrogen-bond acceptors (Lipinski definition) is 5. The lowest BCUT2D eigenvalue weighted by Gasteiger charge is -2.30. The van der Waals surface area contributed by atoms with Gasteiger partial charge in [0.05, 0.1) is 23.8 Å². The summed E-state index contributed by atoms with van der Waals surface area (Å²) in [5.41, 5.74) is 4.55. The zero-order chi connectivity index (χ0) is 24.5. The Bertz CT molecular complexity index is 1410. The summed E-state index contributed by atoms with van der Waals surface area (Å²) in [4.78, 5) is 26.8. The minimum absolute atomic E-state index is 0.00612. The van der Waals surface area contributed by atoms with Crippen LogP contribution in [0.25, 0.3) is 5.70 Å². The van der Waals surface area contributed by atoms with E-state index in [-0.39, 0.29) is 24.8 Å². The average molecular weight is 470 g/mol. The van der Waals surface area contributed by atoms with Crippen molar-refractivity contribution in [1.29, 1.82) is 0 Å². The molecule has 0 unspecified atom stereocenters. The van der Waals surface area contributed by atoms with Crippen LogP contribution in [0.3, 0.4) is 0 Å². The standard InChI is InChI=1S/C29H24FNO4/c1-3-34-29(33)24-17(2)31-27-19-11-5-6-12-20(19)28(32)26(27)25(24)21-13-7-9-15-23(21)35-16-18-10-4-8-14-22(18)30/h4-15,25,31H,3,16H2,1-2H3/t25-/m1/s1. The first kappa shape index (κ1) is 22.6. The van der Waals surface area contributed by atoms with E-state index in [2.05, 4.69) is 5.32 Å². The molecule has 0 fully saturated rings. The molecule has 0 radical (unpaired) electrons. The molecule has 35 heavy (non-hydrogen) atoms. The molecule has 5 nitrogen and oxygen atoms in total. The third-order valence-corrected chi connectivity index (χ3v) is 6.32. The molecule has 0 amide bonds. The smallest absolute Gasteiger partial charge is 0.336 e. The number of carbonyl (C=O) groups is 2. The lowest BCUT2D eigenvalue weighted by Crippen LogP contribution is -2.29. The van der Waals surface area contributed by atoms with E-state index < -0.39 is 11.9 Å². The maximum Gasteiger partial charge on any atom is 0.336 e. The number of esters is 1. The van der Waals surface area contributed by atoms with Gasteiger partial charge in [-0.25, -0.2) is 9.18 Å². The fourth-order valence-electron chi connectivity index (χ4n) is 4.74. The maximum atomic E-state index is 14.2. The molecule has 3 aromatic rings. The second kappa shape index (κ2) is 9.22. The number of ether oxygens (including phenoxy) is 2. The maximum absolute atomic E-state index is 14.2. The molecular weight excluding hydrogens is 445 g/mol. The van der Waals surface area contributed by atoms with E-state index in [0.717, 1.165) is 5.56 Å². The summed E-state index contributed by atoms with van der Waals surface area (Å²) in [5.74, 6) is -1.25. The van der Waals surface area contributed by atoms with Crippen molar-refractivity contribution in [3.05, 3.63) is 118 Å². The summed E-state index contributed by atoms with van der Waals surface area (Å²) < 4.78 is 25.7. The lowest BCUT2D eigenvalue weighted by atomic mass is 9.79. The number of hydrogen-bond donors (Lipinski definition) is 1. The third-order valence-electron chi connectivity index (χ3n) is 6.32. The first-order chi connectivity index (χ1) is 17.0. The van der Waals surface area contributed by atoms with Crippen LogP contribution in [0.1, 0.15) is 46.8 Å². The predicted molar refractivity (Wildman–Crippen MR) is 130 cm³/mol. The number of dihydropyridines is 1. The first-order valence-corrected chi connectivity index (χ1v) is 11.5. The number of halogens is 1. The highest BCUT2D eigenvalue weighted by Crippen LogP contribution is 2.48. The second-order valence-corrected chi connectivity index (χ2v) is 8.40. The van der Waals surface area contributed by atoms with Gasteiger partial charge in [-0.05, 0) is 26.0 Å². The van der Waals surface area contributed by atoms with Crippen molar-refractivity contribution in [3.63, 3.8) is 0 Å². The molecule has 6 heteroatoms. The van der Waals surface area contributed by atoms with Crippen LogP contribution in [0, 0.1) is 5.82 Å². The van der Waals surface area contributed by atoms with E-state index in [9.17, 15) is 14.0 Å². The van der Waals surface area contributed by atoms with Crippen LogP contribution in [-0.2, 0) is 16.1 Å². The molecule has 0 saturated carbocycles. The van der Waals surface area contributed by atoms with Gasteiger partial charge in [-0.1, -0.05) is 60.7 Å². The van der Waals surface area contributed by atoms with Crippen LogP contribution >= 0.6 is 0 Å². The Morgan fingerprint density at radius 2 is 1.66 bits per heavy atom. The molecule has 5 rings (SSSR count). The number of benzene rings is 3. The number of rotatable bonds is 6. The monoisotopic (exact) mass is 469 g/mol. The Morgan fingerprint density at radius 1 is 0.971 bits per heavy atom. The number of Topliss-reactive ketones (excluding diaryl/α,β-unsaturated/α-hetero) is 1. The molecular formula is C29H24FNO4. The Morgan fingerprint density at radius 3 is 2.43 bits per heavy atom. The normalized spacial score (nSPS) is 16.5. The molecule has 1 N–H and O–H groups in total. The van der Waals surface area contributed by atoms with Crippen molar-refractivity contribution < 1.29 is 23.5 Å². The van der Waals surface area contributed by atoms with E-state index in [1.807, 2.05) is 36.4 Å². The molecule has 176 valence electrons. The fraction of sp³-hybridized carbons (Fsp3) is 0.172. The van der Waals surface area contributed by atoms with E-state index in [4.69, 9.17) is 9.47 Å². The summed E-state index contributed by atoms with van der Waals surface area (Å²) in [6.45, 7) is 3.75. The highest BCUT2D eigenvalue weighted by molar-refractivity contribution is 6.23. The van der Waals surface area contributed by atoms with Gasteiger partial charge in [0.15, 0.2) is 5.78 Å². The molecule has 1 atom stereocenters. The Labute approximate surface area is 202 Å². The number of nitrogens with one attached hydrogen (secondary N) is 1. The van der Waals surface area contributed by atoms with Crippen molar-refractivity contribution in [2.45, 2.75) is 26.4 Å². The topological polar surface area (TPSA) is 64.6 Å². The van der Waals surface area contributed by atoms with Crippen LogP contribution in [0.15, 0.2) is 89.6 Å². The Balaban J connectivity index is 1.63. The van der Waals surface area contributed by atoms with Gasteiger partial charge in [0.1, 0.15) is 18.2 Å².